The van der Waals surface area contributed by atoms with Crippen LogP contribution in [0.15, 0.2) is 29.0 Å². The molecule has 0 unspecified atom stereocenters. The van der Waals surface area contributed by atoms with E-state index in [0.717, 1.165) is 28.4 Å². The van der Waals surface area contributed by atoms with Crippen molar-refractivity contribution in [1.82, 2.24) is 19.7 Å². The monoisotopic (exact) mass is 276 g/mol. The number of imidazole rings is 1. The van der Waals surface area contributed by atoms with E-state index in [1.807, 2.05) is 29.7 Å². The molecule has 0 saturated carbocycles. The van der Waals surface area contributed by atoms with E-state index in [9.17, 15) is 0 Å². The summed E-state index contributed by atoms with van der Waals surface area (Å²) in [5.41, 5.74) is 3.56. The van der Waals surface area contributed by atoms with Crippen LogP contribution in [0.4, 0.5) is 0 Å². The van der Waals surface area contributed by atoms with Gasteiger partial charge in [-0.05, 0) is 19.1 Å². The lowest BCUT2D eigenvalue weighted by Crippen LogP contribution is -2.07. The van der Waals surface area contributed by atoms with Crippen molar-refractivity contribution in [2.75, 3.05) is 5.88 Å². The second-order valence-corrected chi connectivity index (χ2v) is 4.72. The molecule has 0 spiro atoms. The minimum absolute atomic E-state index is 0.529. The van der Waals surface area contributed by atoms with Crippen LogP contribution in [-0.2, 0) is 13.0 Å². The average molecular weight is 277 g/mol. The van der Waals surface area contributed by atoms with Gasteiger partial charge in [0.1, 0.15) is 23.3 Å². The van der Waals surface area contributed by atoms with Crippen LogP contribution in [0.25, 0.3) is 11.2 Å². The zero-order valence-corrected chi connectivity index (χ0v) is 11.3. The lowest BCUT2D eigenvalue weighted by Gasteiger charge is -2.05. The summed E-state index contributed by atoms with van der Waals surface area (Å²) in [4.78, 5) is 9.14. The Kier molecular flexibility index (Phi) is 3.21. The molecule has 0 saturated heterocycles. The maximum Gasteiger partial charge on any atom is 0.160 e. The summed E-state index contributed by atoms with van der Waals surface area (Å²) >= 11 is 5.84. The smallest absolute Gasteiger partial charge is 0.160 e. The molecule has 0 aliphatic rings. The first-order valence-electron chi connectivity index (χ1n) is 6.06. The number of aromatic nitrogens is 4. The number of rotatable bonds is 4. The Morgan fingerprint density at radius 2 is 2.16 bits per heavy atom. The molecule has 0 bridgehead atoms. The number of hydrogen-bond acceptors (Lipinski definition) is 4. The third kappa shape index (κ3) is 2.33. The van der Waals surface area contributed by atoms with Gasteiger partial charge in [0.2, 0.25) is 0 Å². The van der Waals surface area contributed by atoms with Gasteiger partial charge in [-0.1, -0.05) is 5.16 Å². The van der Waals surface area contributed by atoms with Gasteiger partial charge in [-0.25, -0.2) is 9.97 Å². The normalized spacial score (nSPS) is 11.3. The summed E-state index contributed by atoms with van der Waals surface area (Å²) in [6, 6.07) is 5.78. The number of nitrogens with zero attached hydrogens (tertiary/aromatic N) is 4. The molecule has 98 valence electrons. The summed E-state index contributed by atoms with van der Waals surface area (Å²) in [6.45, 7) is 2.56. The highest BCUT2D eigenvalue weighted by atomic mass is 35.5. The molecular formula is C13H13ClN4O. The van der Waals surface area contributed by atoms with Crippen molar-refractivity contribution in [3.05, 3.63) is 41.7 Å². The van der Waals surface area contributed by atoms with Gasteiger partial charge >= 0.3 is 0 Å². The highest BCUT2D eigenvalue weighted by molar-refractivity contribution is 6.17. The van der Waals surface area contributed by atoms with E-state index in [1.54, 1.807) is 6.26 Å². The topological polar surface area (TPSA) is 56.7 Å². The maximum atomic E-state index is 5.84. The molecule has 0 radical (unpaired) electrons. The number of pyridine rings is 1. The number of aryl methyl sites for hydroxylation is 2. The van der Waals surface area contributed by atoms with Gasteiger partial charge in [0.25, 0.3) is 0 Å². The van der Waals surface area contributed by atoms with Crippen molar-refractivity contribution in [2.24, 2.45) is 0 Å². The Morgan fingerprint density at radius 3 is 2.89 bits per heavy atom. The summed E-state index contributed by atoms with van der Waals surface area (Å²) in [5.74, 6) is 1.45. The number of hydrogen-bond donors (Lipinski definition) is 0. The van der Waals surface area contributed by atoms with E-state index in [4.69, 9.17) is 16.1 Å². The van der Waals surface area contributed by atoms with Crippen LogP contribution in [0.3, 0.4) is 0 Å². The molecular weight excluding hydrogens is 264 g/mol. The van der Waals surface area contributed by atoms with Gasteiger partial charge in [-0.2, -0.15) is 0 Å². The van der Waals surface area contributed by atoms with Gasteiger partial charge in [0.15, 0.2) is 5.65 Å². The zero-order valence-electron chi connectivity index (χ0n) is 10.5. The van der Waals surface area contributed by atoms with Crippen LogP contribution >= 0.6 is 11.6 Å². The molecule has 3 aromatic rings. The second kappa shape index (κ2) is 5.01. The highest BCUT2D eigenvalue weighted by Gasteiger charge is 2.13. The van der Waals surface area contributed by atoms with Gasteiger partial charge in [0.05, 0.1) is 6.54 Å². The fourth-order valence-corrected chi connectivity index (χ4v) is 2.23. The molecule has 3 heterocycles. The number of halogens is 1. The highest BCUT2D eigenvalue weighted by Crippen LogP contribution is 2.17. The molecule has 0 fully saturated rings. The van der Waals surface area contributed by atoms with Crippen LogP contribution in [-0.4, -0.2) is 25.6 Å². The van der Waals surface area contributed by atoms with Crippen molar-refractivity contribution in [3.8, 4) is 0 Å². The lowest BCUT2D eigenvalue weighted by molar-refractivity contribution is 0.409. The fourth-order valence-electron chi connectivity index (χ4n) is 2.07. The van der Waals surface area contributed by atoms with Gasteiger partial charge in [0, 0.05) is 24.1 Å². The van der Waals surface area contributed by atoms with Crippen molar-refractivity contribution < 1.29 is 4.52 Å². The second-order valence-electron chi connectivity index (χ2n) is 4.34. The van der Waals surface area contributed by atoms with Gasteiger partial charge in [-0.15, -0.1) is 11.6 Å². The summed E-state index contributed by atoms with van der Waals surface area (Å²) in [7, 11) is 0. The molecule has 3 aromatic heterocycles. The minimum Gasteiger partial charge on any atom is -0.364 e. The number of fused-ring (bicyclic) bond motifs is 1. The summed E-state index contributed by atoms with van der Waals surface area (Å²) < 4.78 is 6.91. The Bertz CT molecular complexity index is 690. The molecule has 19 heavy (non-hydrogen) atoms. The first kappa shape index (κ1) is 12.2. The van der Waals surface area contributed by atoms with Crippen molar-refractivity contribution in [2.45, 2.75) is 19.9 Å². The Labute approximate surface area is 115 Å². The molecule has 0 aliphatic heterocycles. The third-order valence-corrected chi connectivity index (χ3v) is 3.13. The standard InChI is InChI=1S/C13H13ClN4O/c1-9-2-3-11-13(15-9)18(12(16-11)4-6-14)8-10-5-7-19-17-10/h2-3,5,7H,4,6,8H2,1H3. The van der Waals surface area contributed by atoms with E-state index in [2.05, 4.69) is 15.1 Å². The van der Waals surface area contributed by atoms with E-state index >= 15 is 0 Å². The molecule has 0 amide bonds. The van der Waals surface area contributed by atoms with Crippen LogP contribution in [0, 0.1) is 6.92 Å². The Hall–Kier alpha value is -1.88. The Balaban J connectivity index is 2.12. The third-order valence-electron chi connectivity index (χ3n) is 2.94. The maximum absolute atomic E-state index is 5.84. The van der Waals surface area contributed by atoms with Gasteiger partial charge in [-0.3, -0.25) is 0 Å². The van der Waals surface area contributed by atoms with E-state index < -0.39 is 0 Å². The largest absolute Gasteiger partial charge is 0.364 e. The lowest BCUT2D eigenvalue weighted by atomic mass is 10.3. The van der Waals surface area contributed by atoms with Crippen LogP contribution in [0.5, 0.6) is 0 Å². The molecule has 0 atom stereocenters. The zero-order chi connectivity index (χ0) is 13.2. The van der Waals surface area contributed by atoms with E-state index in [0.29, 0.717) is 18.8 Å². The summed E-state index contributed by atoms with van der Waals surface area (Å²) in [6.07, 6.45) is 2.27. The van der Waals surface area contributed by atoms with E-state index in [-0.39, 0.29) is 0 Å². The molecule has 0 N–H and O–H groups in total. The average Bonchev–Trinajstić information content (AvgIpc) is 3.00. The number of alkyl halides is 1. The van der Waals surface area contributed by atoms with Crippen molar-refractivity contribution >= 4 is 22.8 Å². The fraction of sp³-hybridized carbons (Fsp3) is 0.308. The molecule has 0 aliphatic carbocycles. The quantitative estimate of drug-likeness (QED) is 0.687. The predicted octanol–water partition coefficient (Wildman–Crippen LogP) is 2.56. The first-order valence-corrected chi connectivity index (χ1v) is 6.59. The molecule has 3 rings (SSSR count). The van der Waals surface area contributed by atoms with Gasteiger partial charge < -0.3 is 9.09 Å². The van der Waals surface area contributed by atoms with Crippen LogP contribution in [0.2, 0.25) is 0 Å². The SMILES string of the molecule is Cc1ccc2nc(CCCl)n(Cc3ccon3)c2n1. The molecule has 0 aromatic carbocycles. The molecule has 6 heteroatoms. The molecule has 5 nitrogen and oxygen atoms in total. The Morgan fingerprint density at radius 1 is 1.26 bits per heavy atom. The van der Waals surface area contributed by atoms with Crippen LogP contribution < -0.4 is 0 Å². The minimum atomic E-state index is 0.529. The summed E-state index contributed by atoms with van der Waals surface area (Å²) in [5, 5.41) is 3.94. The van der Waals surface area contributed by atoms with Crippen molar-refractivity contribution in [1.29, 1.82) is 0 Å². The van der Waals surface area contributed by atoms with Crippen LogP contribution in [0.1, 0.15) is 17.2 Å². The van der Waals surface area contributed by atoms with Crippen molar-refractivity contribution in [3.63, 3.8) is 0 Å². The first-order chi connectivity index (χ1) is 9.28. The predicted molar refractivity (Wildman–Crippen MR) is 72.3 cm³/mol. The van der Waals surface area contributed by atoms with E-state index in [1.165, 1.54) is 0 Å².